The number of carbonyl (C=O) groups is 4. The highest BCUT2D eigenvalue weighted by Crippen LogP contribution is 2.24. The molecule has 0 aliphatic carbocycles. The third-order valence-corrected chi connectivity index (χ3v) is 7.06. The van der Waals surface area contributed by atoms with Gasteiger partial charge in [0.1, 0.15) is 6.04 Å². The number of rotatable bonds is 17. The minimum absolute atomic E-state index is 0.0801. The van der Waals surface area contributed by atoms with Crippen molar-refractivity contribution < 1.29 is 29.1 Å². The van der Waals surface area contributed by atoms with Gasteiger partial charge in [-0.1, -0.05) is 32.0 Å². The van der Waals surface area contributed by atoms with Crippen LogP contribution in [0.15, 0.2) is 30.3 Å². The molecular weight excluding hydrogens is 530 g/mol. The van der Waals surface area contributed by atoms with E-state index in [9.17, 15) is 19.2 Å². The van der Waals surface area contributed by atoms with Gasteiger partial charge in [-0.25, -0.2) is 9.80 Å². The third kappa shape index (κ3) is 10.1. The maximum Gasteiger partial charge on any atom is 0.326 e. The molecule has 1 heterocycles. The Labute approximate surface area is 241 Å². The molecule has 0 aliphatic rings. The zero-order valence-corrected chi connectivity index (χ0v) is 25.2. The number of nitrogens with zero attached hydrogens (tertiary/aromatic N) is 4. The summed E-state index contributed by atoms with van der Waals surface area (Å²) in [4.78, 5) is 55.4. The Bertz CT molecular complexity index is 1200. The van der Waals surface area contributed by atoms with Crippen molar-refractivity contribution in [3.8, 4) is 0 Å². The lowest BCUT2D eigenvalue weighted by Gasteiger charge is -2.31. The monoisotopic (exact) mass is 575 g/mol. The molecule has 13 nitrogen and oxygen atoms in total. The highest BCUT2D eigenvalue weighted by molar-refractivity contribution is 5.87. The number of amides is 3. The third-order valence-electron chi connectivity index (χ3n) is 7.06. The Hall–Kier alpha value is -3.52. The lowest BCUT2D eigenvalue weighted by Crippen LogP contribution is -2.47. The molecule has 0 bridgehead atoms. The van der Waals surface area contributed by atoms with Gasteiger partial charge in [-0.15, -0.1) is 0 Å². The first-order valence-electron chi connectivity index (χ1n) is 13.6. The summed E-state index contributed by atoms with van der Waals surface area (Å²) >= 11 is 0. The number of benzene rings is 1. The van der Waals surface area contributed by atoms with Crippen LogP contribution in [0.1, 0.15) is 39.3 Å². The normalized spacial score (nSPS) is 12.5. The van der Waals surface area contributed by atoms with E-state index in [0.29, 0.717) is 19.5 Å². The zero-order chi connectivity index (χ0) is 30.7. The van der Waals surface area contributed by atoms with E-state index in [2.05, 4.69) is 26.7 Å². The van der Waals surface area contributed by atoms with Crippen molar-refractivity contribution in [3.05, 3.63) is 36.0 Å². The van der Waals surface area contributed by atoms with Gasteiger partial charge in [0.05, 0.1) is 26.4 Å². The highest BCUT2D eigenvalue weighted by atomic mass is 16.7. The van der Waals surface area contributed by atoms with Gasteiger partial charge in [0.2, 0.25) is 17.7 Å². The zero-order valence-electron chi connectivity index (χ0n) is 25.2. The lowest BCUT2D eigenvalue weighted by molar-refractivity contribution is -0.162. The van der Waals surface area contributed by atoms with Crippen LogP contribution in [-0.2, 0) is 37.1 Å². The number of aromatic nitrogens is 1. The number of likely N-dealkylation sites (N-methyl/N-ethyl adjacent to an activating group) is 1. The van der Waals surface area contributed by atoms with Crippen molar-refractivity contribution in [2.75, 3.05) is 48.0 Å². The van der Waals surface area contributed by atoms with Gasteiger partial charge < -0.3 is 25.2 Å². The van der Waals surface area contributed by atoms with Crippen LogP contribution >= 0.6 is 0 Å². The Morgan fingerprint density at radius 1 is 1.07 bits per heavy atom. The average Bonchev–Trinajstić information content (AvgIpc) is 3.28. The maximum atomic E-state index is 12.7. The van der Waals surface area contributed by atoms with Gasteiger partial charge in [-0.05, 0) is 37.9 Å². The molecule has 4 N–H and O–H groups in total. The number of hydroxylamine groups is 2. The van der Waals surface area contributed by atoms with Crippen molar-refractivity contribution in [2.24, 2.45) is 5.41 Å². The van der Waals surface area contributed by atoms with Gasteiger partial charge in [-0.2, -0.15) is 5.06 Å². The molecule has 0 fully saturated rings. The molecule has 2 aromatic rings. The van der Waals surface area contributed by atoms with Crippen LogP contribution in [0, 0.1) is 5.41 Å². The highest BCUT2D eigenvalue weighted by Gasteiger charge is 2.34. The number of hydrazine groups is 1. The van der Waals surface area contributed by atoms with Crippen LogP contribution in [-0.4, -0.2) is 102 Å². The van der Waals surface area contributed by atoms with Gasteiger partial charge in [0, 0.05) is 50.7 Å². The number of carboxylic acids is 1. The molecule has 0 spiro atoms. The Morgan fingerprint density at radius 3 is 2.41 bits per heavy atom. The van der Waals surface area contributed by atoms with Crippen LogP contribution < -0.4 is 16.1 Å². The summed E-state index contributed by atoms with van der Waals surface area (Å²) in [6, 6.07) is 9.21. The molecule has 0 unspecified atom stereocenters. The second kappa shape index (κ2) is 15.5. The Morgan fingerprint density at radius 2 is 1.76 bits per heavy atom. The van der Waals surface area contributed by atoms with Crippen molar-refractivity contribution in [2.45, 2.75) is 52.7 Å². The van der Waals surface area contributed by atoms with E-state index in [-0.39, 0.29) is 44.0 Å². The van der Waals surface area contributed by atoms with Crippen molar-refractivity contribution in [1.82, 2.24) is 35.6 Å². The lowest BCUT2D eigenvalue weighted by atomic mass is 9.87. The smallest absolute Gasteiger partial charge is 0.326 e. The standard InChI is InChI=1S/C28H45N7O6/c1-20(26(38)39)34(7)27(40)28(2,3)13-15-41-33(6)19-31-25(37)17-30-24(36)12-14-35-22(18-32(5)29-4)16-21-10-8-9-11-23(21)35/h8-11,16,20,29H,12-15,17-19H2,1-7H3,(H,30,36)(H,31,37)(H,38,39)/t20-/m0/s1. The maximum absolute atomic E-state index is 12.7. The molecule has 2 rings (SSSR count). The number of fused-ring (bicyclic) bond motifs is 1. The minimum Gasteiger partial charge on any atom is -0.480 e. The van der Waals surface area contributed by atoms with E-state index in [4.69, 9.17) is 9.94 Å². The van der Waals surface area contributed by atoms with E-state index in [1.165, 1.54) is 23.9 Å². The van der Waals surface area contributed by atoms with Crippen LogP contribution in [0.25, 0.3) is 10.9 Å². The average molecular weight is 576 g/mol. The Balaban J connectivity index is 1.73. The summed E-state index contributed by atoms with van der Waals surface area (Å²) in [6.07, 6.45) is 0.570. The molecule has 41 heavy (non-hydrogen) atoms. The molecule has 1 atom stereocenters. The van der Waals surface area contributed by atoms with Crippen LogP contribution in [0.4, 0.5) is 0 Å². The fourth-order valence-corrected chi connectivity index (χ4v) is 4.16. The van der Waals surface area contributed by atoms with E-state index in [1.54, 1.807) is 20.9 Å². The number of para-hydroxylation sites is 1. The largest absolute Gasteiger partial charge is 0.480 e. The number of carboxylic acid groups (broad SMARTS) is 1. The van der Waals surface area contributed by atoms with Crippen molar-refractivity contribution in [3.63, 3.8) is 0 Å². The van der Waals surface area contributed by atoms with Gasteiger partial charge >= 0.3 is 5.97 Å². The van der Waals surface area contributed by atoms with Crippen molar-refractivity contribution >= 4 is 34.6 Å². The number of aliphatic carboxylic acids is 1. The molecule has 1 aromatic heterocycles. The first-order valence-corrected chi connectivity index (χ1v) is 13.6. The number of hydrogen-bond donors (Lipinski definition) is 4. The van der Waals surface area contributed by atoms with Gasteiger partial charge in [0.15, 0.2) is 0 Å². The fourth-order valence-electron chi connectivity index (χ4n) is 4.16. The topological polar surface area (TPSA) is 148 Å². The number of hydrogen-bond acceptors (Lipinski definition) is 8. The molecule has 0 saturated heterocycles. The molecule has 3 amide bonds. The summed E-state index contributed by atoms with van der Waals surface area (Å²) in [5.74, 6) is -1.97. The Kier molecular flexibility index (Phi) is 12.7. The van der Waals surface area contributed by atoms with E-state index >= 15 is 0 Å². The molecule has 228 valence electrons. The first-order chi connectivity index (χ1) is 19.3. The molecule has 0 saturated carbocycles. The van der Waals surface area contributed by atoms with Crippen LogP contribution in [0.5, 0.6) is 0 Å². The molecular formula is C28H45N7O6. The molecule has 1 aromatic carbocycles. The van der Waals surface area contributed by atoms with Gasteiger partial charge in [0.25, 0.3) is 0 Å². The number of aryl methyl sites for hydroxylation is 1. The summed E-state index contributed by atoms with van der Waals surface area (Å²) in [7, 11) is 6.90. The quantitative estimate of drug-likeness (QED) is 0.160. The number of nitrogens with one attached hydrogen (secondary N) is 3. The second-order valence-corrected chi connectivity index (χ2v) is 10.7. The predicted octanol–water partition coefficient (Wildman–Crippen LogP) is 0.999. The minimum atomic E-state index is -1.07. The van der Waals surface area contributed by atoms with E-state index < -0.39 is 17.4 Å². The molecule has 13 heteroatoms. The second-order valence-electron chi connectivity index (χ2n) is 10.7. The molecule has 0 aliphatic heterocycles. The summed E-state index contributed by atoms with van der Waals surface area (Å²) in [5.41, 5.74) is 4.38. The summed E-state index contributed by atoms with van der Waals surface area (Å²) < 4.78 is 2.12. The van der Waals surface area contributed by atoms with E-state index in [0.717, 1.165) is 16.6 Å². The van der Waals surface area contributed by atoms with E-state index in [1.807, 2.05) is 43.4 Å². The van der Waals surface area contributed by atoms with Crippen LogP contribution in [0.3, 0.4) is 0 Å². The molecule has 0 radical (unpaired) electrons. The van der Waals surface area contributed by atoms with Gasteiger partial charge in [-0.3, -0.25) is 24.6 Å². The van der Waals surface area contributed by atoms with Crippen molar-refractivity contribution in [1.29, 1.82) is 0 Å². The fraction of sp³-hybridized carbons (Fsp3) is 0.571. The SMILES string of the molecule is CNN(C)Cc1cc2ccccc2n1CCC(=O)NCC(=O)NCN(C)OCCC(C)(C)C(=O)N(C)[C@@H](C)C(=O)O. The van der Waals surface area contributed by atoms with Crippen LogP contribution in [0.2, 0.25) is 0 Å². The summed E-state index contributed by atoms with van der Waals surface area (Å²) in [6.45, 7) is 6.17. The summed E-state index contributed by atoms with van der Waals surface area (Å²) in [5, 5.41) is 19.0. The number of carbonyl (C=O) groups excluding carboxylic acids is 3. The first kappa shape index (κ1) is 33.7. The predicted molar refractivity (Wildman–Crippen MR) is 155 cm³/mol.